The third-order valence-electron chi connectivity index (χ3n) is 4.04. The molecule has 2 nitrogen and oxygen atoms in total. The SMILES string of the molecule is CC(C)c1nccc2c1C(C(C)C)CCNCC2. The fraction of sp³-hybridized carbons (Fsp3) is 0.688. The monoisotopic (exact) mass is 246 g/mol. The van der Waals surface area contributed by atoms with E-state index in [2.05, 4.69) is 44.1 Å². The van der Waals surface area contributed by atoms with Gasteiger partial charge >= 0.3 is 0 Å². The summed E-state index contributed by atoms with van der Waals surface area (Å²) in [5.74, 6) is 1.86. The van der Waals surface area contributed by atoms with Gasteiger partial charge in [0.05, 0.1) is 0 Å². The Morgan fingerprint density at radius 1 is 1.22 bits per heavy atom. The quantitative estimate of drug-likeness (QED) is 0.864. The molecule has 2 heterocycles. The summed E-state index contributed by atoms with van der Waals surface area (Å²) in [6, 6.07) is 2.23. The average Bonchev–Trinajstić information content (AvgIpc) is 2.28. The molecule has 1 aliphatic rings. The second-order valence-electron chi connectivity index (χ2n) is 6.06. The summed E-state index contributed by atoms with van der Waals surface area (Å²) >= 11 is 0. The van der Waals surface area contributed by atoms with Crippen LogP contribution in [0.4, 0.5) is 0 Å². The Morgan fingerprint density at radius 3 is 2.67 bits per heavy atom. The van der Waals surface area contributed by atoms with E-state index in [-0.39, 0.29) is 0 Å². The molecule has 1 aromatic heterocycles. The minimum atomic E-state index is 0.522. The molecular weight excluding hydrogens is 220 g/mol. The van der Waals surface area contributed by atoms with E-state index in [1.807, 2.05) is 6.20 Å². The molecule has 1 aliphatic heterocycles. The fourth-order valence-corrected chi connectivity index (χ4v) is 3.05. The number of pyridine rings is 1. The van der Waals surface area contributed by atoms with Gasteiger partial charge in [-0.25, -0.2) is 0 Å². The highest BCUT2D eigenvalue weighted by Crippen LogP contribution is 2.35. The molecule has 0 fully saturated rings. The molecule has 0 saturated carbocycles. The van der Waals surface area contributed by atoms with E-state index in [0.717, 1.165) is 19.5 Å². The number of nitrogens with one attached hydrogen (secondary N) is 1. The largest absolute Gasteiger partial charge is 0.316 e. The van der Waals surface area contributed by atoms with Gasteiger partial charge in [0.15, 0.2) is 0 Å². The maximum atomic E-state index is 4.68. The van der Waals surface area contributed by atoms with Gasteiger partial charge in [0, 0.05) is 11.9 Å². The van der Waals surface area contributed by atoms with Gasteiger partial charge in [-0.05, 0) is 60.9 Å². The molecule has 1 unspecified atom stereocenters. The summed E-state index contributed by atoms with van der Waals surface area (Å²) < 4.78 is 0. The normalized spacial score (nSPS) is 20.7. The van der Waals surface area contributed by atoms with Crippen LogP contribution in [0.25, 0.3) is 0 Å². The Bertz CT molecular complexity index is 396. The Balaban J connectivity index is 2.51. The van der Waals surface area contributed by atoms with Crippen molar-refractivity contribution in [3.63, 3.8) is 0 Å². The molecule has 0 amide bonds. The highest BCUT2D eigenvalue weighted by atomic mass is 14.8. The fourth-order valence-electron chi connectivity index (χ4n) is 3.05. The van der Waals surface area contributed by atoms with Crippen molar-refractivity contribution >= 4 is 0 Å². The van der Waals surface area contributed by atoms with Crippen molar-refractivity contribution in [3.8, 4) is 0 Å². The molecule has 0 radical (unpaired) electrons. The number of hydrogen-bond donors (Lipinski definition) is 1. The first kappa shape index (κ1) is 13.5. The lowest BCUT2D eigenvalue weighted by molar-refractivity contribution is 0.435. The molecule has 1 atom stereocenters. The molecular formula is C16H26N2. The van der Waals surface area contributed by atoms with Crippen LogP contribution in [0.3, 0.4) is 0 Å². The second-order valence-corrected chi connectivity index (χ2v) is 6.06. The number of hydrogen-bond acceptors (Lipinski definition) is 2. The minimum absolute atomic E-state index is 0.522. The summed E-state index contributed by atoms with van der Waals surface area (Å²) in [5.41, 5.74) is 4.40. The molecule has 0 aliphatic carbocycles. The van der Waals surface area contributed by atoms with Crippen molar-refractivity contribution in [3.05, 3.63) is 29.1 Å². The van der Waals surface area contributed by atoms with Crippen LogP contribution in [0.15, 0.2) is 12.3 Å². The number of rotatable bonds is 2. The third-order valence-corrected chi connectivity index (χ3v) is 4.04. The lowest BCUT2D eigenvalue weighted by Crippen LogP contribution is -2.27. The number of nitrogens with zero attached hydrogens (tertiary/aromatic N) is 1. The number of aromatic nitrogens is 1. The van der Waals surface area contributed by atoms with E-state index < -0.39 is 0 Å². The lowest BCUT2D eigenvalue weighted by atomic mass is 9.79. The Morgan fingerprint density at radius 2 is 2.00 bits per heavy atom. The minimum Gasteiger partial charge on any atom is -0.316 e. The van der Waals surface area contributed by atoms with Crippen LogP contribution in [-0.2, 0) is 6.42 Å². The van der Waals surface area contributed by atoms with Crippen LogP contribution >= 0.6 is 0 Å². The summed E-state index contributed by atoms with van der Waals surface area (Å²) in [5, 5.41) is 3.54. The molecule has 1 N–H and O–H groups in total. The molecule has 1 aromatic rings. The van der Waals surface area contributed by atoms with Gasteiger partial charge in [0.2, 0.25) is 0 Å². The zero-order valence-electron chi connectivity index (χ0n) is 12.2. The molecule has 18 heavy (non-hydrogen) atoms. The first-order valence-corrected chi connectivity index (χ1v) is 7.29. The number of fused-ring (bicyclic) bond motifs is 1. The molecule has 0 saturated heterocycles. The van der Waals surface area contributed by atoms with E-state index >= 15 is 0 Å². The standard InChI is InChI=1S/C16H26N2/c1-11(2)14-7-9-17-8-5-13-6-10-18-16(12(3)4)15(13)14/h6,10-12,14,17H,5,7-9H2,1-4H3. The molecule has 0 spiro atoms. The zero-order valence-corrected chi connectivity index (χ0v) is 12.2. The summed E-state index contributed by atoms with van der Waals surface area (Å²) in [7, 11) is 0. The Hall–Kier alpha value is -0.890. The van der Waals surface area contributed by atoms with Gasteiger partial charge in [0.25, 0.3) is 0 Å². The van der Waals surface area contributed by atoms with E-state index in [9.17, 15) is 0 Å². The van der Waals surface area contributed by atoms with Crippen LogP contribution in [-0.4, -0.2) is 18.1 Å². The highest BCUT2D eigenvalue weighted by molar-refractivity contribution is 5.36. The van der Waals surface area contributed by atoms with Crippen molar-refractivity contribution in [2.24, 2.45) is 5.92 Å². The molecule has 0 bridgehead atoms. The summed E-state index contributed by atoms with van der Waals surface area (Å²) in [4.78, 5) is 4.68. The van der Waals surface area contributed by atoms with Gasteiger partial charge in [-0.15, -0.1) is 0 Å². The van der Waals surface area contributed by atoms with E-state index in [4.69, 9.17) is 0 Å². The molecule has 2 heteroatoms. The van der Waals surface area contributed by atoms with Crippen molar-refractivity contribution in [2.45, 2.75) is 52.4 Å². The van der Waals surface area contributed by atoms with Crippen LogP contribution in [0.5, 0.6) is 0 Å². The predicted molar refractivity (Wildman–Crippen MR) is 77.1 cm³/mol. The van der Waals surface area contributed by atoms with Gasteiger partial charge in [0.1, 0.15) is 0 Å². The van der Waals surface area contributed by atoms with E-state index in [1.165, 1.54) is 17.7 Å². The second kappa shape index (κ2) is 5.83. The van der Waals surface area contributed by atoms with Crippen LogP contribution < -0.4 is 5.32 Å². The Kier molecular flexibility index (Phi) is 4.39. The highest BCUT2D eigenvalue weighted by Gasteiger charge is 2.24. The predicted octanol–water partition coefficient (Wildman–Crippen LogP) is 3.48. The lowest BCUT2D eigenvalue weighted by Gasteiger charge is -2.29. The van der Waals surface area contributed by atoms with Gasteiger partial charge in [-0.1, -0.05) is 27.7 Å². The van der Waals surface area contributed by atoms with Crippen molar-refractivity contribution < 1.29 is 0 Å². The molecule has 2 rings (SSSR count). The van der Waals surface area contributed by atoms with Crippen LogP contribution in [0.2, 0.25) is 0 Å². The van der Waals surface area contributed by atoms with Crippen molar-refractivity contribution in [1.29, 1.82) is 0 Å². The van der Waals surface area contributed by atoms with Gasteiger partial charge in [-0.3, -0.25) is 4.98 Å². The van der Waals surface area contributed by atoms with E-state index in [0.29, 0.717) is 17.8 Å². The molecule has 100 valence electrons. The molecule has 0 aromatic carbocycles. The average molecular weight is 246 g/mol. The van der Waals surface area contributed by atoms with Gasteiger partial charge in [-0.2, -0.15) is 0 Å². The Labute approximate surface area is 111 Å². The maximum absolute atomic E-state index is 4.68. The maximum Gasteiger partial charge on any atom is 0.0466 e. The van der Waals surface area contributed by atoms with Crippen LogP contribution in [0.1, 0.15) is 62.8 Å². The first-order valence-electron chi connectivity index (χ1n) is 7.29. The van der Waals surface area contributed by atoms with Gasteiger partial charge < -0.3 is 5.32 Å². The first-order chi connectivity index (χ1) is 8.61. The smallest absolute Gasteiger partial charge is 0.0466 e. The van der Waals surface area contributed by atoms with E-state index in [1.54, 1.807) is 5.56 Å². The summed E-state index contributed by atoms with van der Waals surface area (Å²) in [6.07, 6.45) is 4.37. The summed E-state index contributed by atoms with van der Waals surface area (Å²) in [6.45, 7) is 11.4. The van der Waals surface area contributed by atoms with Crippen molar-refractivity contribution in [2.75, 3.05) is 13.1 Å². The third kappa shape index (κ3) is 2.74. The van der Waals surface area contributed by atoms with Crippen LogP contribution in [0, 0.1) is 5.92 Å². The van der Waals surface area contributed by atoms with Crippen molar-refractivity contribution in [1.82, 2.24) is 10.3 Å². The topological polar surface area (TPSA) is 24.9 Å². The zero-order chi connectivity index (χ0) is 13.1.